The fraction of sp³-hybridized carbons (Fsp3) is 0.475. The Morgan fingerprint density at radius 3 is 2.27 bits per heavy atom. The second kappa shape index (κ2) is 14.3. The van der Waals surface area contributed by atoms with Gasteiger partial charge >= 0.3 is 0 Å². The number of hydrogen-bond donors (Lipinski definition) is 1. The second-order valence-corrected chi connectivity index (χ2v) is 13.8. The molecule has 1 fully saturated rings. The predicted octanol–water partition coefficient (Wildman–Crippen LogP) is 10.6. The number of benzene rings is 2. The van der Waals surface area contributed by atoms with E-state index in [1.807, 2.05) is 46.3 Å². The third-order valence-electron chi connectivity index (χ3n) is 10.2. The van der Waals surface area contributed by atoms with Gasteiger partial charge in [-0.1, -0.05) is 90.3 Å². The van der Waals surface area contributed by atoms with Crippen molar-refractivity contribution in [2.24, 2.45) is 11.8 Å². The van der Waals surface area contributed by atoms with Gasteiger partial charge < -0.3 is 10.1 Å². The molecule has 1 N–H and O–H groups in total. The summed E-state index contributed by atoms with van der Waals surface area (Å²) in [5, 5.41) is 14.9. The molecule has 2 aromatic heterocycles. The van der Waals surface area contributed by atoms with E-state index in [0.717, 1.165) is 31.4 Å². The molecule has 1 radical (unpaired) electrons. The van der Waals surface area contributed by atoms with Crippen molar-refractivity contribution < 1.29 is 30.0 Å². The average Bonchev–Trinajstić information content (AvgIpc) is 3.50. The van der Waals surface area contributed by atoms with Gasteiger partial charge in [-0.3, -0.25) is 9.78 Å². The van der Waals surface area contributed by atoms with E-state index in [4.69, 9.17) is 4.98 Å². The van der Waals surface area contributed by atoms with Crippen LogP contribution in [0.3, 0.4) is 0 Å². The topological polar surface area (TPSA) is 63.1 Å². The first-order chi connectivity index (χ1) is 21.1. The number of aliphatic hydroxyl groups is 1. The Kier molecular flexibility index (Phi) is 11.1. The van der Waals surface area contributed by atoms with Crippen LogP contribution in [-0.2, 0) is 35.7 Å². The Balaban J connectivity index is 0.000000249. The van der Waals surface area contributed by atoms with Crippen molar-refractivity contribution in [3.63, 3.8) is 0 Å². The maximum absolute atomic E-state index is 11.7. The number of pyridine rings is 2. The predicted molar refractivity (Wildman–Crippen MR) is 183 cm³/mol. The van der Waals surface area contributed by atoms with Crippen LogP contribution in [0.1, 0.15) is 117 Å². The SMILES string of the molecule is CC(C)(C)c1cc2c3c(nccc3c1)-c1[c-]cc3cnccc3c1C21CCCC1.CCC(CC)C(=O)/C=C(\O)C(CC)CC.[Ir]. The van der Waals surface area contributed by atoms with E-state index in [1.54, 1.807) is 0 Å². The average molecular weight is 782 g/mol. The van der Waals surface area contributed by atoms with Crippen LogP contribution in [0.5, 0.6) is 0 Å². The molecule has 45 heavy (non-hydrogen) atoms. The van der Waals surface area contributed by atoms with Crippen molar-refractivity contribution in [1.82, 2.24) is 9.97 Å². The minimum atomic E-state index is 0. The Labute approximate surface area is 283 Å². The van der Waals surface area contributed by atoms with Gasteiger partial charge in [-0.2, -0.15) is 0 Å². The molecule has 4 aromatic rings. The monoisotopic (exact) mass is 782 g/mol. The molecule has 0 atom stereocenters. The summed E-state index contributed by atoms with van der Waals surface area (Å²) in [6.45, 7) is 15.0. The molecule has 2 aromatic carbocycles. The number of aromatic nitrogens is 2. The van der Waals surface area contributed by atoms with E-state index in [2.05, 4.69) is 62.2 Å². The Morgan fingerprint density at radius 1 is 0.978 bits per heavy atom. The zero-order chi connectivity index (χ0) is 31.6. The Bertz CT molecular complexity index is 1690. The van der Waals surface area contributed by atoms with Gasteiger partial charge in [0.2, 0.25) is 0 Å². The van der Waals surface area contributed by atoms with Gasteiger partial charge in [0.1, 0.15) is 0 Å². The summed E-state index contributed by atoms with van der Waals surface area (Å²) >= 11 is 0. The van der Waals surface area contributed by atoms with Crippen LogP contribution in [0.25, 0.3) is 32.8 Å². The minimum absolute atomic E-state index is 0. The van der Waals surface area contributed by atoms with Crippen LogP contribution in [0.15, 0.2) is 60.8 Å². The third-order valence-corrected chi connectivity index (χ3v) is 10.2. The molecule has 1 spiro atoms. The molecule has 6 rings (SSSR count). The first kappa shape index (κ1) is 35.0. The van der Waals surface area contributed by atoms with Crippen molar-refractivity contribution in [1.29, 1.82) is 0 Å². The summed E-state index contributed by atoms with van der Waals surface area (Å²) in [5.74, 6) is 0.547. The molecule has 241 valence electrons. The van der Waals surface area contributed by atoms with Crippen LogP contribution in [0.4, 0.5) is 0 Å². The van der Waals surface area contributed by atoms with Crippen molar-refractivity contribution >= 4 is 27.3 Å². The smallest absolute Gasteiger partial charge is 0.162 e. The van der Waals surface area contributed by atoms with Gasteiger partial charge in [-0.25, -0.2) is 0 Å². The summed E-state index contributed by atoms with van der Waals surface area (Å²) in [4.78, 5) is 21.0. The molecule has 1 saturated carbocycles. The Morgan fingerprint density at radius 2 is 1.64 bits per heavy atom. The molecule has 0 bridgehead atoms. The fourth-order valence-electron chi connectivity index (χ4n) is 7.52. The number of nitrogens with zero attached hydrogens (tertiary/aromatic N) is 2. The zero-order valence-electron chi connectivity index (χ0n) is 28.1. The van der Waals surface area contributed by atoms with E-state index in [0.29, 0.717) is 0 Å². The second-order valence-electron chi connectivity index (χ2n) is 13.8. The summed E-state index contributed by atoms with van der Waals surface area (Å²) in [6.07, 6.45) is 15.7. The zero-order valence-corrected chi connectivity index (χ0v) is 30.5. The van der Waals surface area contributed by atoms with Crippen molar-refractivity contribution in [2.45, 2.75) is 111 Å². The van der Waals surface area contributed by atoms with Gasteiger partial charge in [0.05, 0.1) is 5.76 Å². The number of carbonyl (C=O) groups is 1. The van der Waals surface area contributed by atoms with Gasteiger partial charge in [0.25, 0.3) is 0 Å². The van der Waals surface area contributed by atoms with Crippen molar-refractivity contribution in [3.05, 3.63) is 83.5 Å². The van der Waals surface area contributed by atoms with E-state index in [-0.39, 0.29) is 54.3 Å². The van der Waals surface area contributed by atoms with E-state index in [1.165, 1.54) is 75.6 Å². The number of rotatable bonds is 7. The summed E-state index contributed by atoms with van der Waals surface area (Å²) in [7, 11) is 0. The number of fused-ring (bicyclic) bond motifs is 6. The molecule has 0 unspecified atom stereocenters. The van der Waals surface area contributed by atoms with Gasteiger partial charge in [-0.05, 0) is 89.2 Å². The van der Waals surface area contributed by atoms with Gasteiger partial charge in [-0.15, -0.1) is 23.3 Å². The molecule has 2 heterocycles. The van der Waals surface area contributed by atoms with Crippen LogP contribution >= 0.6 is 0 Å². The fourth-order valence-corrected chi connectivity index (χ4v) is 7.52. The third kappa shape index (κ3) is 6.54. The first-order valence-electron chi connectivity index (χ1n) is 16.8. The van der Waals surface area contributed by atoms with Gasteiger partial charge in [0.15, 0.2) is 5.78 Å². The van der Waals surface area contributed by atoms with Crippen LogP contribution in [0, 0.1) is 17.9 Å². The maximum Gasteiger partial charge on any atom is 0.162 e. The molecular weight excluding hydrogens is 733 g/mol. The van der Waals surface area contributed by atoms with Gasteiger partial charge in [0, 0.05) is 50.4 Å². The molecular formula is C40H49IrN2O2-. The number of hydrogen-bond acceptors (Lipinski definition) is 4. The molecule has 4 nitrogen and oxygen atoms in total. The number of ketones is 1. The van der Waals surface area contributed by atoms with Crippen LogP contribution in [0.2, 0.25) is 0 Å². The molecule has 0 aliphatic heterocycles. The number of allylic oxidation sites excluding steroid dienone is 2. The molecule has 0 saturated heterocycles. The summed E-state index contributed by atoms with van der Waals surface area (Å²) in [5.41, 5.74) is 6.82. The molecule has 2 aliphatic carbocycles. The van der Waals surface area contributed by atoms with E-state index in [9.17, 15) is 9.90 Å². The Hall–Kier alpha value is -2.88. The quantitative estimate of drug-likeness (QED) is 0.115. The standard InChI is InChI=1S/C27H25N2.C13H24O2.Ir/c1-26(2,3)19-14-17-8-13-29-25-21-7-6-18-16-28-12-9-20(18)24(21)27(10-4-5-11-27)22(15-19)23(17)25;1-5-10(6-2)12(14)9-13(15)11(7-3)8-4;/h6,8-9,12-16H,4-5,10-11H2,1-3H3;9-11,14H,5-8H2,1-4H3;/q-1;;/b;12-9-;. The minimum Gasteiger partial charge on any atom is -0.512 e. The van der Waals surface area contributed by atoms with Crippen molar-refractivity contribution in [3.8, 4) is 11.3 Å². The first-order valence-corrected chi connectivity index (χ1v) is 16.8. The molecule has 5 heteroatoms. The van der Waals surface area contributed by atoms with Crippen LogP contribution < -0.4 is 0 Å². The molecule has 2 aliphatic rings. The number of aliphatic hydroxyl groups excluding tert-OH is 1. The number of carbonyl (C=O) groups excluding carboxylic acids is 1. The molecule has 0 amide bonds. The van der Waals surface area contributed by atoms with Crippen LogP contribution in [-0.4, -0.2) is 20.9 Å². The normalized spacial score (nSPS) is 15.3. The maximum atomic E-state index is 11.7. The van der Waals surface area contributed by atoms with E-state index >= 15 is 0 Å². The van der Waals surface area contributed by atoms with E-state index < -0.39 is 0 Å². The summed E-state index contributed by atoms with van der Waals surface area (Å²) < 4.78 is 0. The summed E-state index contributed by atoms with van der Waals surface area (Å²) in [6, 6.07) is 15.0. The largest absolute Gasteiger partial charge is 0.512 e. The van der Waals surface area contributed by atoms with Crippen molar-refractivity contribution in [2.75, 3.05) is 0 Å².